The fourth-order valence-electron chi connectivity index (χ4n) is 0.374. The minimum Gasteiger partial charge on any atom is -0.331 e. The summed E-state index contributed by atoms with van der Waals surface area (Å²) >= 11 is 6.46. The maximum Gasteiger partial charge on any atom is 0.183 e. The SMILES string of the molecule is C=CCSP(N)(=S)OCC. The lowest BCUT2D eigenvalue weighted by Crippen LogP contribution is -1.95. The van der Waals surface area contributed by atoms with Crippen LogP contribution in [0.25, 0.3) is 0 Å². The lowest BCUT2D eigenvalue weighted by Gasteiger charge is -2.13. The Morgan fingerprint density at radius 2 is 2.50 bits per heavy atom. The molecule has 0 bridgehead atoms. The van der Waals surface area contributed by atoms with Gasteiger partial charge in [0.25, 0.3) is 0 Å². The summed E-state index contributed by atoms with van der Waals surface area (Å²) in [4.78, 5) is 0. The van der Waals surface area contributed by atoms with Gasteiger partial charge >= 0.3 is 0 Å². The van der Waals surface area contributed by atoms with Crippen LogP contribution in [-0.4, -0.2) is 12.4 Å². The Morgan fingerprint density at radius 3 is 2.90 bits per heavy atom. The zero-order valence-corrected chi connectivity index (χ0v) is 8.48. The van der Waals surface area contributed by atoms with Crippen molar-refractivity contribution in [1.29, 1.82) is 0 Å². The van der Waals surface area contributed by atoms with Gasteiger partial charge in [-0.15, -0.1) is 6.58 Å². The molecule has 0 saturated carbocycles. The molecule has 0 saturated heterocycles. The van der Waals surface area contributed by atoms with E-state index in [4.69, 9.17) is 21.8 Å². The molecular formula is C5H12NOPS2. The normalized spacial score (nSPS) is 16.2. The average molecular weight is 197 g/mol. The summed E-state index contributed by atoms with van der Waals surface area (Å²) in [5, 5.41) is 0. The van der Waals surface area contributed by atoms with Crippen molar-refractivity contribution in [3.05, 3.63) is 12.7 Å². The Morgan fingerprint density at radius 1 is 1.90 bits per heavy atom. The van der Waals surface area contributed by atoms with Gasteiger partial charge in [-0.25, -0.2) is 0 Å². The Bertz CT molecular complexity index is 151. The van der Waals surface area contributed by atoms with Crippen molar-refractivity contribution in [1.82, 2.24) is 0 Å². The van der Waals surface area contributed by atoms with Gasteiger partial charge in [0, 0.05) is 5.75 Å². The highest BCUT2D eigenvalue weighted by Crippen LogP contribution is 2.52. The topological polar surface area (TPSA) is 35.2 Å². The van der Waals surface area contributed by atoms with E-state index < -0.39 is 5.62 Å². The van der Waals surface area contributed by atoms with Gasteiger partial charge in [-0.1, -0.05) is 17.5 Å². The number of rotatable bonds is 5. The van der Waals surface area contributed by atoms with Crippen LogP contribution in [0.3, 0.4) is 0 Å². The van der Waals surface area contributed by atoms with Gasteiger partial charge < -0.3 is 4.52 Å². The standard InChI is InChI=1S/C5H12NOPS2/c1-3-5-10-8(6,9)7-4-2/h3H,1,4-5H2,2H3,(H2,6,9). The molecule has 1 unspecified atom stereocenters. The molecule has 0 aliphatic carbocycles. The zero-order chi connectivity index (χ0) is 8.04. The average Bonchev–Trinajstić information content (AvgIpc) is 1.84. The maximum atomic E-state index is 5.63. The molecule has 2 nitrogen and oxygen atoms in total. The first kappa shape index (κ1) is 10.7. The van der Waals surface area contributed by atoms with Gasteiger partial charge in [-0.3, -0.25) is 5.50 Å². The van der Waals surface area contributed by atoms with Gasteiger partial charge in [0.1, 0.15) is 0 Å². The Labute approximate surface area is 71.1 Å². The predicted molar refractivity (Wildman–Crippen MR) is 52.8 cm³/mol. The van der Waals surface area contributed by atoms with E-state index in [0.717, 1.165) is 5.75 Å². The van der Waals surface area contributed by atoms with Crippen LogP contribution in [0.2, 0.25) is 0 Å². The third-order valence-corrected chi connectivity index (χ3v) is 5.15. The molecule has 0 aromatic heterocycles. The summed E-state index contributed by atoms with van der Waals surface area (Å²) in [6, 6.07) is 0. The van der Waals surface area contributed by atoms with Crippen molar-refractivity contribution >= 4 is 28.8 Å². The molecule has 0 aliphatic heterocycles. The predicted octanol–water partition coefficient (Wildman–Crippen LogP) is 2.13. The molecule has 0 rings (SSSR count). The van der Waals surface area contributed by atoms with E-state index in [1.807, 2.05) is 6.92 Å². The van der Waals surface area contributed by atoms with E-state index >= 15 is 0 Å². The third kappa shape index (κ3) is 5.45. The third-order valence-electron chi connectivity index (χ3n) is 0.681. The molecule has 0 aromatic rings. The monoisotopic (exact) mass is 197 g/mol. The summed E-state index contributed by atoms with van der Waals surface area (Å²) in [7, 11) is 0. The molecule has 0 spiro atoms. The largest absolute Gasteiger partial charge is 0.331 e. The van der Waals surface area contributed by atoms with Crippen LogP contribution in [0.1, 0.15) is 6.92 Å². The molecule has 0 amide bonds. The van der Waals surface area contributed by atoms with E-state index in [1.165, 1.54) is 11.4 Å². The van der Waals surface area contributed by atoms with Crippen molar-refractivity contribution in [3.8, 4) is 0 Å². The Kier molecular flexibility index (Phi) is 5.68. The van der Waals surface area contributed by atoms with Gasteiger partial charge in [-0.2, -0.15) is 0 Å². The lowest BCUT2D eigenvalue weighted by molar-refractivity contribution is 0.385. The van der Waals surface area contributed by atoms with Crippen molar-refractivity contribution in [2.24, 2.45) is 5.50 Å². The second kappa shape index (κ2) is 5.33. The highest BCUT2D eigenvalue weighted by Gasteiger charge is 2.08. The smallest absolute Gasteiger partial charge is 0.183 e. The van der Waals surface area contributed by atoms with E-state index in [0.29, 0.717) is 6.61 Å². The molecule has 1 atom stereocenters. The second-order valence-electron chi connectivity index (χ2n) is 1.54. The van der Waals surface area contributed by atoms with Crippen LogP contribution in [-0.2, 0) is 16.3 Å². The molecule has 0 aliphatic rings. The van der Waals surface area contributed by atoms with Crippen LogP contribution in [0.4, 0.5) is 0 Å². The molecule has 0 heterocycles. The highest BCUT2D eigenvalue weighted by atomic mass is 32.9. The highest BCUT2D eigenvalue weighted by molar-refractivity contribution is 8.68. The summed E-state index contributed by atoms with van der Waals surface area (Å²) in [5.41, 5.74) is 3.60. The molecule has 0 radical (unpaired) electrons. The van der Waals surface area contributed by atoms with Gasteiger partial charge in [-0.05, 0) is 18.7 Å². The molecule has 5 heteroatoms. The fraction of sp³-hybridized carbons (Fsp3) is 0.600. The minimum atomic E-state index is -2.03. The van der Waals surface area contributed by atoms with Crippen LogP contribution >= 0.6 is 17.0 Å². The van der Waals surface area contributed by atoms with E-state index in [-0.39, 0.29) is 0 Å². The van der Waals surface area contributed by atoms with Gasteiger partial charge in [0.05, 0.1) is 6.61 Å². The molecule has 60 valence electrons. The van der Waals surface area contributed by atoms with Gasteiger partial charge in [0.2, 0.25) is 0 Å². The molecule has 0 aromatic carbocycles. The first-order valence-corrected chi connectivity index (χ1v) is 7.29. The molecular weight excluding hydrogens is 185 g/mol. The van der Waals surface area contributed by atoms with Gasteiger partial charge in [0.15, 0.2) is 5.62 Å². The first-order chi connectivity index (χ1) is 4.62. The summed E-state index contributed by atoms with van der Waals surface area (Å²) in [6.07, 6.45) is 1.78. The van der Waals surface area contributed by atoms with Crippen LogP contribution in [0, 0.1) is 0 Å². The summed E-state index contributed by atoms with van der Waals surface area (Å²) in [5.74, 6) is 0.772. The van der Waals surface area contributed by atoms with E-state index in [1.54, 1.807) is 6.08 Å². The van der Waals surface area contributed by atoms with E-state index in [2.05, 4.69) is 6.58 Å². The maximum absolute atomic E-state index is 5.63. The number of hydrogen-bond acceptors (Lipinski definition) is 3. The summed E-state index contributed by atoms with van der Waals surface area (Å²) in [6.45, 7) is 6.05. The van der Waals surface area contributed by atoms with Crippen LogP contribution in [0.15, 0.2) is 12.7 Å². The van der Waals surface area contributed by atoms with Crippen molar-refractivity contribution in [3.63, 3.8) is 0 Å². The lowest BCUT2D eigenvalue weighted by atomic mass is 10.8. The fourth-order valence-corrected chi connectivity index (χ4v) is 3.46. The molecule has 2 N–H and O–H groups in total. The van der Waals surface area contributed by atoms with E-state index in [9.17, 15) is 0 Å². The molecule has 0 fully saturated rings. The Hall–Kier alpha value is 0.660. The Balaban J connectivity index is 3.63. The summed E-state index contributed by atoms with van der Waals surface area (Å²) < 4.78 is 5.15. The van der Waals surface area contributed by atoms with Crippen molar-refractivity contribution in [2.75, 3.05) is 12.4 Å². The molecule has 10 heavy (non-hydrogen) atoms. The number of nitrogens with two attached hydrogens (primary N) is 1. The number of hydrogen-bond donors (Lipinski definition) is 1. The van der Waals surface area contributed by atoms with Crippen molar-refractivity contribution < 1.29 is 4.52 Å². The zero-order valence-electron chi connectivity index (χ0n) is 5.95. The van der Waals surface area contributed by atoms with Crippen LogP contribution < -0.4 is 5.50 Å². The first-order valence-electron chi connectivity index (χ1n) is 2.91. The minimum absolute atomic E-state index is 0.595. The van der Waals surface area contributed by atoms with Crippen molar-refractivity contribution in [2.45, 2.75) is 6.92 Å². The second-order valence-corrected chi connectivity index (χ2v) is 8.19. The van der Waals surface area contributed by atoms with Crippen LogP contribution in [0.5, 0.6) is 0 Å². The quantitative estimate of drug-likeness (QED) is 0.541.